The third-order valence-corrected chi connectivity index (χ3v) is 5.32. The molecule has 1 saturated heterocycles. The van der Waals surface area contributed by atoms with Gasteiger partial charge >= 0.3 is 108 Å². The van der Waals surface area contributed by atoms with E-state index in [0.29, 0.717) is 6.04 Å². The summed E-state index contributed by atoms with van der Waals surface area (Å²) in [7, 11) is -0.0555. The van der Waals surface area contributed by atoms with Crippen LogP contribution < -0.4 is 24.6 Å². The number of hydrogen-bond acceptors (Lipinski definition) is 3. The minimum atomic E-state index is -0.111. The summed E-state index contributed by atoms with van der Waals surface area (Å²) >= 11 is -0.111. The molecular weight excluding hydrogens is 316 g/mol. The maximum atomic E-state index is 5.60. The van der Waals surface area contributed by atoms with Gasteiger partial charge in [0.15, 0.2) is 0 Å². The van der Waals surface area contributed by atoms with Gasteiger partial charge < -0.3 is 0 Å². The molecule has 88 valence electrons. The van der Waals surface area contributed by atoms with E-state index >= 15 is 0 Å². The molecule has 0 saturated carbocycles. The van der Waals surface area contributed by atoms with E-state index in [4.69, 9.17) is 9.31 Å². The van der Waals surface area contributed by atoms with Crippen molar-refractivity contribution < 1.29 is 30.8 Å². The van der Waals surface area contributed by atoms with Crippen LogP contribution in [0.4, 0.5) is 5.69 Å². The average molecular weight is 332 g/mol. The van der Waals surface area contributed by atoms with Crippen LogP contribution in [0.15, 0.2) is 30.3 Å². The Bertz CT molecular complexity index is 325. The van der Waals surface area contributed by atoms with Crippen LogP contribution in [-0.4, -0.2) is 24.4 Å². The number of anilines is 1. The SMILES string of the molecule is CB1OC[I-]N(c2ccccc2)[C@@H](C)CO1. The molecule has 16 heavy (non-hydrogen) atoms. The van der Waals surface area contributed by atoms with Gasteiger partial charge in [-0.3, -0.25) is 0 Å². The zero-order valence-corrected chi connectivity index (χ0v) is 11.8. The molecule has 0 bridgehead atoms. The molecule has 0 radical (unpaired) electrons. The normalized spacial score (nSPS) is 23.2. The molecule has 1 aromatic rings. The Labute approximate surface area is 108 Å². The van der Waals surface area contributed by atoms with E-state index < -0.39 is 0 Å². The zero-order valence-electron chi connectivity index (χ0n) is 9.60. The first-order valence-corrected chi connectivity index (χ1v) is 7.93. The summed E-state index contributed by atoms with van der Waals surface area (Å²) in [6.45, 7) is 4.91. The molecule has 0 N–H and O–H groups in total. The van der Waals surface area contributed by atoms with Crippen molar-refractivity contribution in [2.45, 2.75) is 19.8 Å². The van der Waals surface area contributed by atoms with Gasteiger partial charge in [-0.2, -0.15) is 0 Å². The van der Waals surface area contributed by atoms with Gasteiger partial charge in [-0.15, -0.1) is 0 Å². The molecule has 0 amide bonds. The molecule has 0 unspecified atom stereocenters. The van der Waals surface area contributed by atoms with Gasteiger partial charge in [0, 0.05) is 0 Å². The number of para-hydroxylation sites is 1. The number of benzene rings is 1. The monoisotopic (exact) mass is 332 g/mol. The Morgan fingerprint density at radius 1 is 1.31 bits per heavy atom. The van der Waals surface area contributed by atoms with E-state index in [1.54, 1.807) is 0 Å². The van der Waals surface area contributed by atoms with Gasteiger partial charge in [-0.25, -0.2) is 0 Å². The molecule has 0 spiro atoms. The number of rotatable bonds is 1. The molecule has 3 nitrogen and oxygen atoms in total. The van der Waals surface area contributed by atoms with Crippen molar-refractivity contribution in [2.75, 3.05) is 14.3 Å². The number of nitrogens with zero attached hydrogens (tertiary/aromatic N) is 1. The van der Waals surface area contributed by atoms with Gasteiger partial charge in [0.2, 0.25) is 0 Å². The van der Waals surface area contributed by atoms with Crippen molar-refractivity contribution in [1.29, 1.82) is 0 Å². The molecular formula is C11H16BINO2-. The third-order valence-electron chi connectivity index (χ3n) is 2.44. The third kappa shape index (κ3) is 3.12. The summed E-state index contributed by atoms with van der Waals surface area (Å²) in [5.74, 6) is 0. The van der Waals surface area contributed by atoms with Gasteiger partial charge in [0.1, 0.15) is 0 Å². The molecule has 1 atom stereocenters. The molecule has 1 fully saturated rings. The van der Waals surface area contributed by atoms with Crippen molar-refractivity contribution in [2.24, 2.45) is 0 Å². The second-order valence-corrected chi connectivity index (χ2v) is 6.14. The average Bonchev–Trinajstić information content (AvgIpc) is 2.31. The van der Waals surface area contributed by atoms with Crippen LogP contribution in [0.5, 0.6) is 0 Å². The molecule has 0 aromatic heterocycles. The molecule has 0 aliphatic carbocycles. The first-order chi connectivity index (χ1) is 7.77. The first-order valence-electron chi connectivity index (χ1n) is 5.44. The van der Waals surface area contributed by atoms with Crippen LogP contribution in [0.2, 0.25) is 6.82 Å². The molecule has 5 heteroatoms. The van der Waals surface area contributed by atoms with Crippen LogP contribution in [0, 0.1) is 0 Å². The Balaban J connectivity index is 2.08. The molecule has 1 aromatic carbocycles. The van der Waals surface area contributed by atoms with Gasteiger partial charge in [-0.1, -0.05) is 0 Å². The standard InChI is InChI=1S/C11H16BINO2/c1-10-8-15-12(2)16-9-13-14(10)11-6-4-3-5-7-11/h3-7,10H,8-9H2,1-2H3/q-1/t10-/m0/s1. The zero-order chi connectivity index (χ0) is 11.4. The van der Waals surface area contributed by atoms with E-state index in [-0.39, 0.29) is 28.6 Å². The number of halogens is 1. The van der Waals surface area contributed by atoms with E-state index in [0.717, 1.165) is 11.2 Å². The molecule has 1 aliphatic rings. The van der Waals surface area contributed by atoms with Crippen LogP contribution in [0.25, 0.3) is 0 Å². The fourth-order valence-electron chi connectivity index (χ4n) is 1.57. The summed E-state index contributed by atoms with van der Waals surface area (Å²) in [4.78, 5) is 0. The van der Waals surface area contributed by atoms with E-state index in [1.807, 2.05) is 12.9 Å². The minimum absolute atomic E-state index is 0.0555. The van der Waals surface area contributed by atoms with Gasteiger partial charge in [0.25, 0.3) is 0 Å². The molecule has 2 rings (SSSR count). The van der Waals surface area contributed by atoms with Crippen molar-refractivity contribution >= 4 is 12.8 Å². The summed E-state index contributed by atoms with van der Waals surface area (Å²) in [6.07, 6.45) is 0. The van der Waals surface area contributed by atoms with Crippen molar-refractivity contribution in [3.63, 3.8) is 0 Å². The van der Waals surface area contributed by atoms with Crippen molar-refractivity contribution in [3.05, 3.63) is 30.3 Å². The maximum absolute atomic E-state index is 5.60. The quantitative estimate of drug-likeness (QED) is 0.285. The van der Waals surface area contributed by atoms with Crippen LogP contribution in [-0.2, 0) is 9.31 Å². The number of hydrogen-bond donors (Lipinski definition) is 0. The summed E-state index contributed by atoms with van der Waals surface area (Å²) in [6, 6.07) is 10.9. The Kier molecular flexibility index (Phi) is 4.49. The Hall–Kier alpha value is -0.265. The van der Waals surface area contributed by atoms with E-state index in [9.17, 15) is 0 Å². The summed E-state index contributed by atoms with van der Waals surface area (Å²) in [5.41, 5.74) is 1.28. The van der Waals surface area contributed by atoms with Crippen molar-refractivity contribution in [3.8, 4) is 0 Å². The Morgan fingerprint density at radius 3 is 2.81 bits per heavy atom. The summed E-state index contributed by atoms with van der Waals surface area (Å²) < 4.78 is 14.4. The fraction of sp³-hybridized carbons (Fsp3) is 0.455. The Morgan fingerprint density at radius 2 is 2.06 bits per heavy atom. The van der Waals surface area contributed by atoms with Gasteiger partial charge in [-0.05, 0) is 0 Å². The number of alkyl halides is 1. The van der Waals surface area contributed by atoms with Crippen LogP contribution >= 0.6 is 0 Å². The first kappa shape index (κ1) is 12.2. The van der Waals surface area contributed by atoms with E-state index in [1.165, 1.54) is 5.69 Å². The van der Waals surface area contributed by atoms with Crippen LogP contribution in [0.3, 0.4) is 0 Å². The molecule has 1 heterocycles. The topological polar surface area (TPSA) is 21.7 Å². The second-order valence-electron chi connectivity index (χ2n) is 3.79. The summed E-state index contributed by atoms with van der Waals surface area (Å²) in [5, 5.41) is 0. The van der Waals surface area contributed by atoms with E-state index in [2.05, 4.69) is 34.3 Å². The van der Waals surface area contributed by atoms with Crippen LogP contribution in [0.1, 0.15) is 6.92 Å². The second kappa shape index (κ2) is 5.88. The molecule has 1 aliphatic heterocycles. The predicted octanol–water partition coefficient (Wildman–Crippen LogP) is -0.992. The fourth-order valence-corrected chi connectivity index (χ4v) is 4.09. The predicted molar refractivity (Wildman–Crippen MR) is 61.9 cm³/mol. The van der Waals surface area contributed by atoms with Gasteiger partial charge in [0.05, 0.1) is 0 Å². The van der Waals surface area contributed by atoms with Crippen molar-refractivity contribution in [1.82, 2.24) is 0 Å².